The number of carbonyl (C=O) groups excluding carboxylic acids is 1. The fourth-order valence-corrected chi connectivity index (χ4v) is 0.424. The van der Waals surface area contributed by atoms with Crippen LogP contribution in [0, 0.1) is 0 Å². The zero-order valence-electron chi connectivity index (χ0n) is 6.90. The lowest BCUT2D eigenvalue weighted by Crippen LogP contribution is -2.46. The van der Waals surface area contributed by atoms with E-state index in [2.05, 4.69) is 11.3 Å². The molecule has 0 aromatic heterocycles. The Balaban J connectivity index is 4.34. The molecule has 0 atom stereocenters. The lowest BCUT2D eigenvalue weighted by atomic mass is 10.2. The molecule has 0 heterocycles. The average molecular weight is 218 g/mol. The lowest BCUT2D eigenvalue weighted by molar-refractivity contribution is -0.235. The average Bonchev–Trinajstić information content (AvgIpc) is 2.13. The van der Waals surface area contributed by atoms with Crippen molar-refractivity contribution in [3.63, 3.8) is 0 Å². The Kier molecular flexibility index (Phi) is 4.03. The summed E-state index contributed by atoms with van der Waals surface area (Å²) in [6, 6.07) is 0. The van der Waals surface area contributed by atoms with Crippen LogP contribution in [0.2, 0.25) is 0 Å². The predicted molar refractivity (Wildman–Crippen MR) is 37.0 cm³/mol. The van der Waals surface area contributed by atoms with Crippen LogP contribution in [0.4, 0.5) is 22.0 Å². The maximum absolute atomic E-state index is 12.4. The molecule has 14 heavy (non-hydrogen) atoms. The molecule has 0 rings (SSSR count). The molecule has 0 radical (unpaired) electrons. The number of carbonyl (C=O) groups is 1. The summed E-state index contributed by atoms with van der Waals surface area (Å²) in [5.41, 5.74) is 0. The van der Waals surface area contributed by atoms with Gasteiger partial charge in [-0.1, -0.05) is 6.58 Å². The van der Waals surface area contributed by atoms with Gasteiger partial charge in [-0.25, -0.2) is 9.18 Å². The fraction of sp³-hybridized carbons (Fsp3) is 0.571. The minimum atomic E-state index is -4.84. The van der Waals surface area contributed by atoms with Gasteiger partial charge in [-0.15, -0.1) is 0 Å². The third kappa shape index (κ3) is 2.97. The fourth-order valence-electron chi connectivity index (χ4n) is 0.424. The maximum Gasteiger partial charge on any atom is 0.346 e. The van der Waals surface area contributed by atoms with Crippen LogP contribution in [0.25, 0.3) is 0 Å². The number of rotatable bonds is 5. The number of ether oxygens (including phenoxy) is 1. The predicted octanol–water partition coefficient (Wildman–Crippen LogP) is 1.96. The third-order valence-electron chi connectivity index (χ3n) is 1.27. The van der Waals surface area contributed by atoms with E-state index in [1.54, 1.807) is 0 Å². The zero-order valence-corrected chi connectivity index (χ0v) is 6.90. The minimum absolute atomic E-state index is 0.531. The molecule has 0 aliphatic carbocycles. The summed E-state index contributed by atoms with van der Waals surface area (Å²) in [6.45, 7) is -1.54. The second-order valence-electron chi connectivity index (χ2n) is 2.35. The van der Waals surface area contributed by atoms with E-state index in [4.69, 9.17) is 0 Å². The Hall–Kier alpha value is -1.14. The Labute approximate surface area is 76.3 Å². The molecular weight excluding hydrogens is 211 g/mol. The summed E-state index contributed by atoms with van der Waals surface area (Å²) in [7, 11) is 0. The first-order valence-electron chi connectivity index (χ1n) is 3.37. The lowest BCUT2D eigenvalue weighted by Gasteiger charge is -2.23. The molecule has 0 aromatic carbocycles. The summed E-state index contributed by atoms with van der Waals surface area (Å²) in [5, 5.41) is 0. The van der Waals surface area contributed by atoms with Crippen molar-refractivity contribution in [1.29, 1.82) is 0 Å². The van der Waals surface area contributed by atoms with Gasteiger partial charge in [0.25, 0.3) is 0 Å². The molecule has 0 amide bonds. The standard InChI is InChI=1S/C7H7F5O2/c1-2-5(13)14-4-7(11,12)6(9,10)3-8/h2H,1,3-4H2. The third-order valence-corrected chi connectivity index (χ3v) is 1.27. The van der Waals surface area contributed by atoms with Gasteiger partial charge in [0.1, 0.15) is 0 Å². The number of hydrogen-bond donors (Lipinski definition) is 0. The summed E-state index contributed by atoms with van der Waals surface area (Å²) in [4.78, 5) is 10.3. The second-order valence-corrected chi connectivity index (χ2v) is 2.35. The van der Waals surface area contributed by atoms with Gasteiger partial charge in [0.2, 0.25) is 0 Å². The van der Waals surface area contributed by atoms with Gasteiger partial charge < -0.3 is 4.74 Å². The zero-order chi connectivity index (χ0) is 11.4. The molecular formula is C7H7F5O2. The van der Waals surface area contributed by atoms with Gasteiger partial charge in [0.15, 0.2) is 13.3 Å². The van der Waals surface area contributed by atoms with Gasteiger partial charge in [0, 0.05) is 6.08 Å². The van der Waals surface area contributed by atoms with E-state index in [0.717, 1.165) is 0 Å². The van der Waals surface area contributed by atoms with Gasteiger partial charge in [-0.05, 0) is 0 Å². The van der Waals surface area contributed by atoms with E-state index < -0.39 is 31.1 Å². The van der Waals surface area contributed by atoms with Crippen molar-refractivity contribution in [2.24, 2.45) is 0 Å². The first-order valence-corrected chi connectivity index (χ1v) is 3.37. The normalized spacial score (nSPS) is 12.4. The van der Waals surface area contributed by atoms with Gasteiger partial charge in [-0.2, -0.15) is 17.6 Å². The Morgan fingerprint density at radius 3 is 2.14 bits per heavy atom. The van der Waals surface area contributed by atoms with Crippen LogP contribution in [0.3, 0.4) is 0 Å². The monoisotopic (exact) mass is 218 g/mol. The molecule has 0 saturated heterocycles. The molecule has 0 aliphatic rings. The molecule has 0 aliphatic heterocycles. The second kappa shape index (κ2) is 4.39. The van der Waals surface area contributed by atoms with E-state index in [1.165, 1.54) is 0 Å². The molecule has 0 spiro atoms. The van der Waals surface area contributed by atoms with Crippen LogP contribution in [0.15, 0.2) is 12.7 Å². The molecule has 82 valence electrons. The van der Waals surface area contributed by atoms with Gasteiger partial charge in [0.05, 0.1) is 0 Å². The van der Waals surface area contributed by atoms with E-state index >= 15 is 0 Å². The molecule has 0 bridgehead atoms. The summed E-state index contributed by atoms with van der Waals surface area (Å²) >= 11 is 0. The van der Waals surface area contributed by atoms with Crippen molar-refractivity contribution in [2.45, 2.75) is 11.8 Å². The highest BCUT2D eigenvalue weighted by Crippen LogP contribution is 2.34. The van der Waals surface area contributed by atoms with Crippen LogP contribution < -0.4 is 0 Å². The molecule has 7 heteroatoms. The van der Waals surface area contributed by atoms with E-state index in [1.807, 2.05) is 0 Å². The van der Waals surface area contributed by atoms with Crippen molar-refractivity contribution in [3.05, 3.63) is 12.7 Å². The first kappa shape index (κ1) is 12.9. The highest BCUT2D eigenvalue weighted by Gasteiger charge is 2.57. The van der Waals surface area contributed by atoms with Crippen molar-refractivity contribution < 1.29 is 31.5 Å². The first-order chi connectivity index (χ1) is 6.27. The smallest absolute Gasteiger partial charge is 0.346 e. The molecule has 0 fully saturated rings. The topological polar surface area (TPSA) is 26.3 Å². The van der Waals surface area contributed by atoms with Crippen molar-refractivity contribution in [3.8, 4) is 0 Å². The number of alkyl halides is 5. The number of halogens is 5. The summed E-state index contributed by atoms with van der Waals surface area (Å²) < 4.78 is 64.3. The quantitative estimate of drug-likeness (QED) is 0.400. The van der Waals surface area contributed by atoms with E-state index in [9.17, 15) is 26.7 Å². The Morgan fingerprint density at radius 1 is 1.29 bits per heavy atom. The molecule has 0 unspecified atom stereocenters. The molecule has 0 saturated carbocycles. The van der Waals surface area contributed by atoms with E-state index in [0.29, 0.717) is 6.08 Å². The molecule has 2 nitrogen and oxygen atoms in total. The summed E-state index contributed by atoms with van der Waals surface area (Å²) in [6.07, 6.45) is 0.531. The van der Waals surface area contributed by atoms with Crippen LogP contribution in [0.1, 0.15) is 0 Å². The van der Waals surface area contributed by atoms with E-state index in [-0.39, 0.29) is 0 Å². The van der Waals surface area contributed by atoms with Crippen LogP contribution in [-0.4, -0.2) is 31.1 Å². The van der Waals surface area contributed by atoms with Gasteiger partial charge in [-0.3, -0.25) is 0 Å². The highest BCUT2D eigenvalue weighted by atomic mass is 19.3. The summed E-state index contributed by atoms with van der Waals surface area (Å²) in [5.74, 6) is -10.8. The van der Waals surface area contributed by atoms with Crippen LogP contribution >= 0.6 is 0 Å². The largest absolute Gasteiger partial charge is 0.456 e. The Morgan fingerprint density at radius 2 is 1.79 bits per heavy atom. The number of hydrogen-bond acceptors (Lipinski definition) is 2. The van der Waals surface area contributed by atoms with Crippen LogP contribution in [0.5, 0.6) is 0 Å². The highest BCUT2D eigenvalue weighted by molar-refractivity contribution is 5.81. The molecule has 0 N–H and O–H groups in total. The Bertz CT molecular complexity index is 226. The number of esters is 1. The maximum atomic E-state index is 12.4. The minimum Gasteiger partial charge on any atom is -0.456 e. The van der Waals surface area contributed by atoms with Crippen molar-refractivity contribution >= 4 is 5.97 Å². The van der Waals surface area contributed by atoms with Crippen LogP contribution in [-0.2, 0) is 9.53 Å². The molecule has 0 aromatic rings. The van der Waals surface area contributed by atoms with Crippen molar-refractivity contribution in [2.75, 3.05) is 13.3 Å². The van der Waals surface area contributed by atoms with Gasteiger partial charge >= 0.3 is 17.8 Å². The van der Waals surface area contributed by atoms with Crippen molar-refractivity contribution in [1.82, 2.24) is 0 Å². The SMILES string of the molecule is C=CC(=O)OCC(F)(F)C(F)(F)CF.